The fraction of sp³-hybridized carbons (Fsp3) is 0.250. The molecular formula is C20H21N3O2S. The Bertz CT molecular complexity index is 967. The van der Waals surface area contributed by atoms with Crippen molar-refractivity contribution < 1.29 is 9.47 Å². The van der Waals surface area contributed by atoms with Crippen molar-refractivity contribution in [1.29, 1.82) is 0 Å². The predicted molar refractivity (Wildman–Crippen MR) is 108 cm³/mol. The highest BCUT2D eigenvalue weighted by molar-refractivity contribution is 7.80. The minimum absolute atomic E-state index is 0.265. The Morgan fingerprint density at radius 1 is 1.12 bits per heavy atom. The van der Waals surface area contributed by atoms with Gasteiger partial charge in [0.25, 0.3) is 0 Å². The molecule has 6 heteroatoms. The number of hydrogen-bond acceptors (Lipinski definition) is 3. The third-order valence-corrected chi connectivity index (χ3v) is 5.01. The van der Waals surface area contributed by atoms with Crippen molar-refractivity contribution in [2.45, 2.75) is 18.9 Å². The van der Waals surface area contributed by atoms with E-state index in [0.29, 0.717) is 5.11 Å². The van der Waals surface area contributed by atoms with Gasteiger partial charge in [0.15, 0.2) is 5.11 Å². The number of benzene rings is 2. The second-order valence-corrected chi connectivity index (χ2v) is 6.81. The third-order valence-electron chi connectivity index (χ3n) is 4.79. The number of anilines is 1. The normalized spacial score (nSPS) is 15.5. The Hall–Kier alpha value is -2.73. The summed E-state index contributed by atoms with van der Waals surface area (Å²) in [7, 11) is 3.35. The highest BCUT2D eigenvalue weighted by Gasteiger charge is 2.26. The third kappa shape index (κ3) is 3.08. The van der Waals surface area contributed by atoms with E-state index in [2.05, 4.69) is 27.8 Å². The van der Waals surface area contributed by atoms with Crippen LogP contribution in [0.2, 0.25) is 0 Å². The van der Waals surface area contributed by atoms with Gasteiger partial charge in [-0.25, -0.2) is 0 Å². The molecule has 2 aromatic carbocycles. The number of hydrogen-bond donors (Lipinski definition) is 3. The van der Waals surface area contributed by atoms with Crippen molar-refractivity contribution >= 4 is 33.9 Å². The molecule has 0 radical (unpaired) electrons. The maximum Gasteiger partial charge on any atom is 0.171 e. The van der Waals surface area contributed by atoms with E-state index in [-0.39, 0.29) is 6.04 Å². The van der Waals surface area contributed by atoms with Crippen LogP contribution in [-0.2, 0) is 12.8 Å². The van der Waals surface area contributed by atoms with E-state index in [0.717, 1.165) is 35.5 Å². The standard InChI is InChI=1S/C20H21N3O2S/c1-24-13-7-8-16-15(11-13)14-9-12(10-18(14)22-16)21-20(26)23-17-5-3-4-6-19(17)25-2/h3-8,11-12,22H,9-10H2,1-2H3,(H2,21,23,26). The number of para-hydroxylation sites is 2. The molecule has 0 saturated heterocycles. The van der Waals surface area contributed by atoms with Gasteiger partial charge >= 0.3 is 0 Å². The summed E-state index contributed by atoms with van der Waals surface area (Å²) in [6.45, 7) is 0. The average Bonchev–Trinajstić information content (AvgIpc) is 3.18. The zero-order valence-corrected chi connectivity index (χ0v) is 15.6. The fourth-order valence-corrected chi connectivity index (χ4v) is 3.85. The zero-order valence-electron chi connectivity index (χ0n) is 14.8. The first-order chi connectivity index (χ1) is 12.7. The Morgan fingerprint density at radius 3 is 2.77 bits per heavy atom. The second kappa shape index (κ2) is 6.88. The van der Waals surface area contributed by atoms with Crippen LogP contribution in [0.15, 0.2) is 42.5 Å². The highest BCUT2D eigenvalue weighted by Crippen LogP contribution is 2.32. The summed E-state index contributed by atoms with van der Waals surface area (Å²) in [6, 6.07) is 14.2. The van der Waals surface area contributed by atoms with Gasteiger partial charge in [0.1, 0.15) is 11.5 Å². The van der Waals surface area contributed by atoms with Gasteiger partial charge in [-0.3, -0.25) is 0 Å². The molecular weight excluding hydrogens is 346 g/mol. The molecule has 1 aromatic heterocycles. The van der Waals surface area contributed by atoms with Crippen LogP contribution in [0.1, 0.15) is 11.3 Å². The van der Waals surface area contributed by atoms with Gasteiger partial charge in [-0.1, -0.05) is 12.1 Å². The molecule has 0 aliphatic heterocycles. The minimum Gasteiger partial charge on any atom is -0.497 e. The molecule has 0 saturated carbocycles. The summed E-state index contributed by atoms with van der Waals surface area (Å²) in [5.41, 5.74) is 4.63. The molecule has 0 spiro atoms. The number of rotatable bonds is 4. The molecule has 3 aromatic rings. The van der Waals surface area contributed by atoms with Crippen LogP contribution in [0.25, 0.3) is 10.9 Å². The topological polar surface area (TPSA) is 58.3 Å². The SMILES string of the molecule is COc1ccc2[nH]c3c(c2c1)CC(NC(=S)Nc1ccccc1OC)C3. The van der Waals surface area contributed by atoms with E-state index < -0.39 is 0 Å². The van der Waals surface area contributed by atoms with E-state index in [1.165, 1.54) is 16.6 Å². The Kier molecular flexibility index (Phi) is 4.42. The molecule has 1 atom stereocenters. The van der Waals surface area contributed by atoms with Crippen molar-refractivity contribution in [2.24, 2.45) is 0 Å². The Labute approximate surface area is 157 Å². The van der Waals surface area contributed by atoms with Crippen LogP contribution in [-0.4, -0.2) is 30.4 Å². The summed E-state index contributed by atoms with van der Waals surface area (Å²) in [6.07, 6.45) is 1.84. The zero-order chi connectivity index (χ0) is 18.1. The van der Waals surface area contributed by atoms with Gasteiger partial charge in [-0.05, 0) is 54.5 Å². The monoisotopic (exact) mass is 367 g/mol. The maximum atomic E-state index is 5.49. The summed E-state index contributed by atoms with van der Waals surface area (Å²) >= 11 is 5.49. The van der Waals surface area contributed by atoms with Crippen LogP contribution in [0.4, 0.5) is 5.69 Å². The number of aromatic amines is 1. The lowest BCUT2D eigenvalue weighted by atomic mass is 10.1. The van der Waals surface area contributed by atoms with E-state index in [4.69, 9.17) is 21.7 Å². The molecule has 0 fully saturated rings. The first kappa shape index (κ1) is 16.7. The van der Waals surface area contributed by atoms with Crippen LogP contribution in [0.3, 0.4) is 0 Å². The van der Waals surface area contributed by atoms with E-state index >= 15 is 0 Å². The van der Waals surface area contributed by atoms with Crippen molar-refractivity contribution in [2.75, 3.05) is 19.5 Å². The molecule has 26 heavy (non-hydrogen) atoms. The van der Waals surface area contributed by atoms with Gasteiger partial charge in [0, 0.05) is 29.1 Å². The fourth-order valence-electron chi connectivity index (χ4n) is 3.58. The Morgan fingerprint density at radius 2 is 1.96 bits per heavy atom. The number of nitrogens with one attached hydrogen (secondary N) is 3. The van der Waals surface area contributed by atoms with Crippen LogP contribution in [0.5, 0.6) is 11.5 Å². The van der Waals surface area contributed by atoms with Crippen LogP contribution in [0, 0.1) is 0 Å². The van der Waals surface area contributed by atoms with Crippen LogP contribution < -0.4 is 20.1 Å². The number of H-pyrrole nitrogens is 1. The second-order valence-electron chi connectivity index (χ2n) is 6.40. The number of methoxy groups -OCH3 is 2. The predicted octanol–water partition coefficient (Wildman–Crippen LogP) is 3.64. The lowest BCUT2D eigenvalue weighted by molar-refractivity contribution is 0.415. The van der Waals surface area contributed by atoms with Gasteiger partial charge < -0.3 is 25.1 Å². The first-order valence-electron chi connectivity index (χ1n) is 8.56. The molecule has 4 rings (SSSR count). The quantitative estimate of drug-likeness (QED) is 0.615. The lowest BCUT2D eigenvalue weighted by Gasteiger charge is -2.17. The summed E-state index contributed by atoms with van der Waals surface area (Å²) in [4.78, 5) is 3.52. The van der Waals surface area contributed by atoms with Gasteiger partial charge in [-0.2, -0.15) is 0 Å². The van der Waals surface area contributed by atoms with E-state index in [9.17, 15) is 0 Å². The van der Waals surface area contributed by atoms with Crippen molar-refractivity contribution in [3.8, 4) is 11.5 Å². The van der Waals surface area contributed by atoms with E-state index in [1.807, 2.05) is 30.3 Å². The summed E-state index contributed by atoms with van der Waals surface area (Å²) in [5, 5.41) is 8.48. The molecule has 0 bridgehead atoms. The van der Waals surface area contributed by atoms with Crippen molar-refractivity contribution in [3.05, 3.63) is 53.7 Å². The smallest absolute Gasteiger partial charge is 0.171 e. The summed E-state index contributed by atoms with van der Waals surface area (Å²) in [5.74, 6) is 1.65. The molecule has 1 aliphatic carbocycles. The maximum absolute atomic E-state index is 5.49. The number of thiocarbonyl (C=S) groups is 1. The van der Waals surface area contributed by atoms with Crippen molar-refractivity contribution in [1.82, 2.24) is 10.3 Å². The number of aromatic nitrogens is 1. The van der Waals surface area contributed by atoms with Gasteiger partial charge in [0.05, 0.1) is 19.9 Å². The molecule has 134 valence electrons. The minimum atomic E-state index is 0.265. The number of fused-ring (bicyclic) bond motifs is 3. The lowest BCUT2D eigenvalue weighted by Crippen LogP contribution is -2.38. The molecule has 0 amide bonds. The van der Waals surface area contributed by atoms with Crippen molar-refractivity contribution in [3.63, 3.8) is 0 Å². The highest BCUT2D eigenvalue weighted by atomic mass is 32.1. The molecule has 1 heterocycles. The number of ether oxygens (including phenoxy) is 2. The first-order valence-corrected chi connectivity index (χ1v) is 8.96. The summed E-state index contributed by atoms with van der Waals surface area (Å²) < 4.78 is 10.7. The molecule has 5 nitrogen and oxygen atoms in total. The average molecular weight is 367 g/mol. The Balaban J connectivity index is 1.46. The van der Waals surface area contributed by atoms with E-state index in [1.54, 1.807) is 14.2 Å². The molecule has 3 N–H and O–H groups in total. The molecule has 1 aliphatic rings. The largest absolute Gasteiger partial charge is 0.497 e. The van der Waals surface area contributed by atoms with Crippen LogP contribution >= 0.6 is 12.2 Å². The van der Waals surface area contributed by atoms with Gasteiger partial charge in [-0.15, -0.1) is 0 Å². The molecule has 1 unspecified atom stereocenters. The van der Waals surface area contributed by atoms with Gasteiger partial charge in [0.2, 0.25) is 0 Å².